The summed E-state index contributed by atoms with van der Waals surface area (Å²) in [6, 6.07) is 15.0. The van der Waals surface area contributed by atoms with Crippen molar-refractivity contribution in [2.75, 3.05) is 5.32 Å². The highest BCUT2D eigenvalue weighted by atomic mass is 16.2. The largest absolute Gasteiger partial charge is 0.324 e. The Morgan fingerprint density at radius 1 is 1.15 bits per heavy atom. The smallest absolute Gasteiger partial charge is 0.261 e. The van der Waals surface area contributed by atoms with Crippen molar-refractivity contribution in [2.24, 2.45) is 0 Å². The van der Waals surface area contributed by atoms with Crippen LogP contribution in [0.2, 0.25) is 0 Å². The molecule has 0 unspecified atom stereocenters. The number of rotatable bonds is 5. The van der Waals surface area contributed by atoms with Gasteiger partial charge in [-0.25, -0.2) is 4.98 Å². The van der Waals surface area contributed by atoms with Crippen LogP contribution in [0.4, 0.5) is 5.69 Å². The molecule has 0 spiro atoms. The predicted octanol–water partition coefficient (Wildman–Crippen LogP) is 3.86. The lowest BCUT2D eigenvalue weighted by molar-refractivity contribution is -0.116. The van der Waals surface area contributed by atoms with Gasteiger partial charge in [-0.3, -0.25) is 14.2 Å². The molecule has 2 aromatic carbocycles. The topological polar surface area (TPSA) is 64.0 Å². The average Bonchev–Trinajstić information content (AvgIpc) is 2.65. The third kappa shape index (κ3) is 3.52. The lowest BCUT2D eigenvalue weighted by Crippen LogP contribution is -2.30. The number of aromatic nitrogens is 2. The molecule has 1 N–H and O–H groups in total. The number of nitrogens with zero attached hydrogens (tertiary/aromatic N) is 2. The van der Waals surface area contributed by atoms with Crippen LogP contribution in [-0.4, -0.2) is 15.5 Å². The van der Waals surface area contributed by atoms with Crippen molar-refractivity contribution in [3.63, 3.8) is 0 Å². The molecule has 134 valence electrons. The summed E-state index contributed by atoms with van der Waals surface area (Å²) < 4.78 is 1.42. The molecule has 0 fully saturated rings. The maximum atomic E-state index is 12.7. The van der Waals surface area contributed by atoms with Gasteiger partial charge < -0.3 is 5.32 Å². The second kappa shape index (κ2) is 7.52. The van der Waals surface area contributed by atoms with Crippen LogP contribution < -0.4 is 10.9 Å². The van der Waals surface area contributed by atoms with Gasteiger partial charge in [-0.1, -0.05) is 44.2 Å². The van der Waals surface area contributed by atoms with Gasteiger partial charge in [0.05, 0.1) is 10.9 Å². The molecule has 0 aliphatic rings. The first-order valence-electron chi connectivity index (χ1n) is 8.86. The number of nitrogens with one attached hydrogen (secondary N) is 1. The summed E-state index contributed by atoms with van der Waals surface area (Å²) in [7, 11) is 0. The van der Waals surface area contributed by atoms with Crippen molar-refractivity contribution < 1.29 is 4.79 Å². The van der Waals surface area contributed by atoms with Gasteiger partial charge in [-0.05, 0) is 43.0 Å². The van der Waals surface area contributed by atoms with E-state index in [2.05, 4.69) is 24.1 Å². The highest BCUT2D eigenvalue weighted by Crippen LogP contribution is 2.26. The van der Waals surface area contributed by atoms with E-state index in [0.717, 1.165) is 17.7 Å². The summed E-state index contributed by atoms with van der Waals surface area (Å²) in [6.07, 6.45) is 0.986. The van der Waals surface area contributed by atoms with E-state index in [1.807, 2.05) is 30.3 Å². The summed E-state index contributed by atoms with van der Waals surface area (Å²) in [5, 5.41) is 3.47. The highest BCUT2D eigenvalue weighted by molar-refractivity contribution is 5.91. The van der Waals surface area contributed by atoms with Gasteiger partial charge in [0.25, 0.3) is 5.56 Å². The monoisotopic (exact) mass is 349 g/mol. The Labute approximate surface area is 152 Å². The van der Waals surface area contributed by atoms with Crippen LogP contribution in [0.1, 0.15) is 37.6 Å². The molecule has 0 radical (unpaired) electrons. The summed E-state index contributed by atoms with van der Waals surface area (Å²) >= 11 is 0. The number of para-hydroxylation sites is 2. The van der Waals surface area contributed by atoms with Gasteiger partial charge in [-0.2, -0.15) is 0 Å². The highest BCUT2D eigenvalue weighted by Gasteiger charge is 2.14. The minimum absolute atomic E-state index is 0.0582. The molecule has 5 heteroatoms. The Hall–Kier alpha value is -2.95. The molecule has 0 saturated carbocycles. The van der Waals surface area contributed by atoms with Gasteiger partial charge in [0.1, 0.15) is 12.4 Å². The van der Waals surface area contributed by atoms with Crippen LogP contribution >= 0.6 is 0 Å². The zero-order chi connectivity index (χ0) is 18.7. The maximum absolute atomic E-state index is 12.7. The fraction of sp³-hybridized carbons (Fsp3) is 0.286. The fourth-order valence-corrected chi connectivity index (χ4v) is 3.06. The van der Waals surface area contributed by atoms with E-state index in [1.165, 1.54) is 4.57 Å². The lowest BCUT2D eigenvalue weighted by atomic mass is 9.97. The van der Waals surface area contributed by atoms with Crippen LogP contribution in [0.3, 0.4) is 0 Å². The van der Waals surface area contributed by atoms with E-state index in [0.29, 0.717) is 22.6 Å². The van der Waals surface area contributed by atoms with E-state index in [4.69, 9.17) is 0 Å². The molecule has 1 heterocycles. The quantitative estimate of drug-likeness (QED) is 0.761. The number of carbonyl (C=O) groups excluding carboxylic acids is 1. The zero-order valence-electron chi connectivity index (χ0n) is 15.3. The fourth-order valence-electron chi connectivity index (χ4n) is 3.06. The van der Waals surface area contributed by atoms with Crippen molar-refractivity contribution in [2.45, 2.75) is 39.7 Å². The molecule has 1 amide bonds. The van der Waals surface area contributed by atoms with E-state index in [1.54, 1.807) is 25.1 Å². The number of aryl methyl sites for hydroxylation is 1. The van der Waals surface area contributed by atoms with Crippen LogP contribution in [0, 0.1) is 6.92 Å². The summed E-state index contributed by atoms with van der Waals surface area (Å²) in [6.45, 7) is 5.94. The molecule has 3 aromatic rings. The first-order chi connectivity index (χ1) is 12.5. The van der Waals surface area contributed by atoms with Crippen molar-refractivity contribution in [1.82, 2.24) is 9.55 Å². The normalized spacial score (nSPS) is 12.1. The van der Waals surface area contributed by atoms with Crippen molar-refractivity contribution >= 4 is 22.5 Å². The molecule has 26 heavy (non-hydrogen) atoms. The first kappa shape index (κ1) is 17.9. The molecule has 1 aromatic heterocycles. The average molecular weight is 349 g/mol. The predicted molar refractivity (Wildman–Crippen MR) is 105 cm³/mol. The number of anilines is 1. The lowest BCUT2D eigenvalue weighted by Gasteiger charge is -2.16. The maximum Gasteiger partial charge on any atom is 0.261 e. The summed E-state index contributed by atoms with van der Waals surface area (Å²) in [5.41, 5.74) is 2.35. The van der Waals surface area contributed by atoms with Crippen LogP contribution in [-0.2, 0) is 11.3 Å². The molecule has 1 atom stereocenters. The molecular formula is C21H23N3O2. The first-order valence-corrected chi connectivity index (χ1v) is 8.86. The van der Waals surface area contributed by atoms with Crippen molar-refractivity contribution in [3.05, 3.63) is 70.3 Å². The van der Waals surface area contributed by atoms with Gasteiger partial charge >= 0.3 is 0 Å². The number of hydrogen-bond donors (Lipinski definition) is 1. The molecule has 0 bridgehead atoms. The van der Waals surface area contributed by atoms with Crippen molar-refractivity contribution in [3.8, 4) is 0 Å². The summed E-state index contributed by atoms with van der Waals surface area (Å²) in [5.74, 6) is 0.639. The third-order valence-electron chi connectivity index (χ3n) is 4.73. The molecular weight excluding hydrogens is 326 g/mol. The number of hydrogen-bond acceptors (Lipinski definition) is 3. The Kier molecular flexibility index (Phi) is 5.16. The zero-order valence-corrected chi connectivity index (χ0v) is 15.3. The van der Waals surface area contributed by atoms with E-state index < -0.39 is 0 Å². The Balaban J connectivity index is 1.88. The number of fused-ring (bicyclic) bond motifs is 1. The molecule has 0 saturated heterocycles. The Morgan fingerprint density at radius 3 is 2.62 bits per heavy atom. The van der Waals surface area contributed by atoms with Crippen molar-refractivity contribution in [1.29, 1.82) is 0 Å². The third-order valence-corrected chi connectivity index (χ3v) is 4.73. The Morgan fingerprint density at radius 2 is 1.85 bits per heavy atom. The van der Waals surface area contributed by atoms with Crippen LogP contribution in [0.5, 0.6) is 0 Å². The molecule has 0 aliphatic carbocycles. The molecule has 5 nitrogen and oxygen atoms in total. The second-order valence-corrected chi connectivity index (χ2v) is 6.51. The number of benzene rings is 2. The van der Waals surface area contributed by atoms with E-state index >= 15 is 0 Å². The van der Waals surface area contributed by atoms with Gasteiger partial charge in [0.2, 0.25) is 5.91 Å². The minimum Gasteiger partial charge on any atom is -0.324 e. The number of carbonyl (C=O) groups is 1. The molecule has 0 aliphatic heterocycles. The second-order valence-electron chi connectivity index (χ2n) is 6.51. The van der Waals surface area contributed by atoms with Gasteiger partial charge in [-0.15, -0.1) is 0 Å². The SMILES string of the molecule is CC[C@H](C)c1ccccc1NC(=O)Cn1c(C)nc2ccccc2c1=O. The van der Waals surface area contributed by atoms with E-state index in [-0.39, 0.29) is 18.0 Å². The Bertz CT molecular complexity index is 1010. The van der Waals surface area contributed by atoms with E-state index in [9.17, 15) is 9.59 Å². The summed E-state index contributed by atoms with van der Waals surface area (Å²) in [4.78, 5) is 29.7. The minimum atomic E-state index is -0.233. The number of amides is 1. The van der Waals surface area contributed by atoms with Crippen LogP contribution in [0.15, 0.2) is 53.3 Å². The van der Waals surface area contributed by atoms with Gasteiger partial charge in [0, 0.05) is 5.69 Å². The van der Waals surface area contributed by atoms with Gasteiger partial charge in [0.15, 0.2) is 0 Å². The standard InChI is InChI=1S/C21H23N3O2/c1-4-14(2)16-9-5-7-11-18(16)23-20(25)13-24-15(3)22-19-12-8-6-10-17(19)21(24)26/h5-12,14H,4,13H2,1-3H3,(H,23,25)/t14-/m0/s1. The molecule has 3 rings (SSSR count). The van der Waals surface area contributed by atoms with Crippen LogP contribution in [0.25, 0.3) is 10.9 Å².